The molecule has 0 unspecified atom stereocenters. The van der Waals surface area contributed by atoms with Gasteiger partial charge in [-0.05, 0) is 23.4 Å². The second-order valence-electron chi connectivity index (χ2n) is 4.02. The van der Waals surface area contributed by atoms with E-state index < -0.39 is 11.9 Å². The zero-order valence-electron chi connectivity index (χ0n) is 10.3. The summed E-state index contributed by atoms with van der Waals surface area (Å²) in [4.78, 5) is 1.12. The number of aromatic amines is 1. The molecule has 0 saturated carbocycles. The molecule has 0 saturated heterocycles. The van der Waals surface area contributed by atoms with E-state index in [0.29, 0.717) is 0 Å². The van der Waals surface area contributed by atoms with Gasteiger partial charge in [0.2, 0.25) is 0 Å². The number of thioether (sulfide) groups is 1. The molecule has 2 rings (SSSR count). The number of halogens is 3. The van der Waals surface area contributed by atoms with Crippen molar-refractivity contribution in [3.8, 4) is 0 Å². The third-order valence-electron chi connectivity index (χ3n) is 2.63. The summed E-state index contributed by atoms with van der Waals surface area (Å²) in [6.07, 6.45) is -2.93. The van der Waals surface area contributed by atoms with Crippen molar-refractivity contribution >= 4 is 11.8 Å². The lowest BCUT2D eigenvalue weighted by atomic mass is 10.1. The lowest BCUT2D eigenvalue weighted by Gasteiger charge is -2.07. The summed E-state index contributed by atoms with van der Waals surface area (Å²) >= 11 is 1.70. The number of aromatic nitrogens is 2. The fourth-order valence-electron chi connectivity index (χ4n) is 1.78. The number of H-pyrrole nitrogens is 1. The van der Waals surface area contributed by atoms with Crippen LogP contribution in [0.2, 0.25) is 0 Å². The Morgan fingerprint density at radius 2 is 1.89 bits per heavy atom. The van der Waals surface area contributed by atoms with Crippen molar-refractivity contribution < 1.29 is 13.2 Å². The number of benzene rings is 1. The van der Waals surface area contributed by atoms with Gasteiger partial charge in [-0.2, -0.15) is 18.3 Å². The van der Waals surface area contributed by atoms with Crippen molar-refractivity contribution in [3.05, 3.63) is 47.3 Å². The van der Waals surface area contributed by atoms with E-state index in [9.17, 15) is 13.2 Å². The maximum absolute atomic E-state index is 12.7. The van der Waals surface area contributed by atoms with E-state index in [2.05, 4.69) is 12.0 Å². The van der Waals surface area contributed by atoms with Crippen molar-refractivity contribution in [1.82, 2.24) is 10.2 Å². The number of hydrogen-bond donors (Lipinski definition) is 1. The first-order chi connectivity index (χ1) is 9.00. The van der Waals surface area contributed by atoms with Crippen LogP contribution in [0, 0.1) is 0 Å². The molecule has 102 valence electrons. The van der Waals surface area contributed by atoms with Crippen molar-refractivity contribution in [2.75, 3.05) is 5.75 Å². The molecule has 1 aromatic carbocycles. The fraction of sp³-hybridized carbons (Fsp3) is 0.308. The van der Waals surface area contributed by atoms with Crippen molar-refractivity contribution in [3.63, 3.8) is 0 Å². The van der Waals surface area contributed by atoms with Gasteiger partial charge in [0.05, 0.1) is 6.20 Å². The molecule has 1 N–H and O–H groups in total. The molecular formula is C13H13F3N2S. The van der Waals surface area contributed by atoms with Gasteiger partial charge in [-0.15, -0.1) is 11.8 Å². The van der Waals surface area contributed by atoms with Crippen LogP contribution in [0.4, 0.5) is 13.2 Å². The van der Waals surface area contributed by atoms with Gasteiger partial charge in [0, 0.05) is 16.9 Å². The van der Waals surface area contributed by atoms with E-state index in [1.807, 2.05) is 29.4 Å². The Morgan fingerprint density at radius 1 is 1.21 bits per heavy atom. The van der Waals surface area contributed by atoms with Crippen molar-refractivity contribution in [1.29, 1.82) is 0 Å². The highest BCUT2D eigenvalue weighted by Gasteiger charge is 2.35. The van der Waals surface area contributed by atoms with Crippen LogP contribution in [0.15, 0.2) is 35.4 Å². The third kappa shape index (κ3) is 3.53. The number of rotatable bonds is 4. The molecule has 0 spiro atoms. The highest BCUT2D eigenvalue weighted by molar-refractivity contribution is 7.99. The Bertz CT molecular complexity index is 532. The minimum Gasteiger partial charge on any atom is -0.273 e. The van der Waals surface area contributed by atoms with Crippen LogP contribution >= 0.6 is 11.8 Å². The van der Waals surface area contributed by atoms with Crippen LogP contribution in [-0.2, 0) is 12.6 Å². The fourth-order valence-corrected chi connectivity index (χ4v) is 2.44. The van der Waals surface area contributed by atoms with E-state index >= 15 is 0 Å². The zero-order valence-corrected chi connectivity index (χ0v) is 11.1. The number of alkyl halides is 3. The molecule has 2 aromatic rings. The van der Waals surface area contributed by atoms with Gasteiger partial charge < -0.3 is 0 Å². The average molecular weight is 286 g/mol. The van der Waals surface area contributed by atoms with Gasteiger partial charge in [0.15, 0.2) is 0 Å². The lowest BCUT2D eigenvalue weighted by molar-refractivity contribution is -0.141. The lowest BCUT2D eigenvalue weighted by Crippen LogP contribution is -2.09. The molecule has 0 amide bonds. The minimum atomic E-state index is -4.39. The summed E-state index contributed by atoms with van der Waals surface area (Å²) in [6.45, 7) is 2.06. The third-order valence-corrected chi connectivity index (χ3v) is 3.52. The van der Waals surface area contributed by atoms with Gasteiger partial charge in [0.1, 0.15) is 5.69 Å². The normalized spacial score (nSPS) is 11.8. The van der Waals surface area contributed by atoms with Gasteiger partial charge in [-0.3, -0.25) is 5.10 Å². The van der Waals surface area contributed by atoms with Gasteiger partial charge in [0.25, 0.3) is 0 Å². The molecule has 2 nitrogen and oxygen atoms in total. The van der Waals surface area contributed by atoms with Crippen LogP contribution in [0.25, 0.3) is 0 Å². The Kier molecular flexibility index (Phi) is 4.19. The summed E-state index contributed by atoms with van der Waals surface area (Å²) in [5, 5.41) is 5.50. The maximum Gasteiger partial charge on any atom is 0.433 e. The average Bonchev–Trinajstić information content (AvgIpc) is 2.80. The maximum atomic E-state index is 12.7. The summed E-state index contributed by atoms with van der Waals surface area (Å²) in [5.74, 6) is 0.972. The van der Waals surface area contributed by atoms with Crippen LogP contribution in [0.1, 0.15) is 23.7 Å². The zero-order chi connectivity index (χ0) is 13.9. The van der Waals surface area contributed by atoms with Crippen LogP contribution in [0.3, 0.4) is 0 Å². The SMILES string of the molecule is CCSc1ccc(Cc2cn[nH]c2C(F)(F)F)cc1. The molecule has 19 heavy (non-hydrogen) atoms. The predicted molar refractivity (Wildman–Crippen MR) is 69.2 cm³/mol. The minimum absolute atomic E-state index is 0.170. The van der Waals surface area contributed by atoms with E-state index in [0.717, 1.165) is 16.2 Å². The Hall–Kier alpha value is -1.43. The van der Waals surface area contributed by atoms with E-state index in [-0.39, 0.29) is 12.0 Å². The monoisotopic (exact) mass is 286 g/mol. The second kappa shape index (κ2) is 5.69. The first kappa shape index (κ1) is 14.0. The highest BCUT2D eigenvalue weighted by Crippen LogP contribution is 2.31. The molecule has 0 atom stereocenters. The quantitative estimate of drug-likeness (QED) is 0.856. The number of hydrogen-bond acceptors (Lipinski definition) is 2. The topological polar surface area (TPSA) is 28.7 Å². The summed E-state index contributed by atoms with van der Waals surface area (Å²) in [6, 6.07) is 7.56. The standard InChI is InChI=1S/C13H13F3N2S/c1-2-19-11-5-3-9(4-6-11)7-10-8-17-18-12(10)13(14,15)16/h3-6,8H,2,7H2,1H3,(H,17,18). The van der Waals surface area contributed by atoms with Gasteiger partial charge >= 0.3 is 6.18 Å². The molecule has 0 fully saturated rings. The Balaban J connectivity index is 2.15. The van der Waals surface area contributed by atoms with Crippen LogP contribution in [-0.4, -0.2) is 16.0 Å². The predicted octanol–water partition coefficient (Wildman–Crippen LogP) is 4.13. The van der Waals surface area contributed by atoms with Crippen molar-refractivity contribution in [2.45, 2.75) is 24.4 Å². The van der Waals surface area contributed by atoms with Crippen LogP contribution in [0.5, 0.6) is 0 Å². The summed E-state index contributed by atoms with van der Waals surface area (Å²) in [5.41, 5.74) is 0.246. The molecule has 0 radical (unpaired) electrons. The Labute approximate surface area is 113 Å². The summed E-state index contributed by atoms with van der Waals surface area (Å²) < 4.78 is 38.0. The van der Waals surface area contributed by atoms with E-state index in [4.69, 9.17) is 0 Å². The molecule has 0 bridgehead atoms. The molecule has 6 heteroatoms. The molecule has 0 aliphatic carbocycles. The molecule has 1 aromatic heterocycles. The molecular weight excluding hydrogens is 273 g/mol. The second-order valence-corrected chi connectivity index (χ2v) is 5.36. The molecule has 0 aliphatic rings. The van der Waals surface area contributed by atoms with E-state index in [1.165, 1.54) is 6.20 Å². The van der Waals surface area contributed by atoms with Crippen molar-refractivity contribution in [2.24, 2.45) is 0 Å². The first-order valence-corrected chi connectivity index (χ1v) is 6.80. The smallest absolute Gasteiger partial charge is 0.273 e. The van der Waals surface area contributed by atoms with Gasteiger partial charge in [-0.1, -0.05) is 19.1 Å². The molecule has 0 aliphatic heterocycles. The Morgan fingerprint density at radius 3 is 2.47 bits per heavy atom. The first-order valence-electron chi connectivity index (χ1n) is 5.82. The number of nitrogens with one attached hydrogen (secondary N) is 1. The van der Waals surface area contributed by atoms with E-state index in [1.54, 1.807) is 11.8 Å². The largest absolute Gasteiger partial charge is 0.433 e. The summed E-state index contributed by atoms with van der Waals surface area (Å²) in [7, 11) is 0. The molecule has 1 heterocycles. The van der Waals surface area contributed by atoms with Gasteiger partial charge in [-0.25, -0.2) is 0 Å². The van der Waals surface area contributed by atoms with Crippen LogP contribution < -0.4 is 0 Å². The number of nitrogens with zero attached hydrogens (tertiary/aromatic N) is 1. The highest BCUT2D eigenvalue weighted by atomic mass is 32.2.